The zero-order valence-electron chi connectivity index (χ0n) is 9.19. The van der Waals surface area contributed by atoms with Crippen LogP contribution in [0.25, 0.3) is 0 Å². The van der Waals surface area contributed by atoms with E-state index in [1.807, 2.05) is 20.8 Å². The lowest BCUT2D eigenvalue weighted by atomic mass is 10.1. The van der Waals surface area contributed by atoms with E-state index < -0.39 is 0 Å². The van der Waals surface area contributed by atoms with Crippen molar-refractivity contribution in [3.05, 3.63) is 5.28 Å². The summed E-state index contributed by atoms with van der Waals surface area (Å²) in [5.74, 6) is 0.367. The third kappa shape index (κ3) is 3.51. The first-order valence-electron chi connectivity index (χ1n) is 4.65. The highest BCUT2D eigenvalue weighted by Crippen LogP contribution is 2.15. The molecule has 1 heterocycles. The summed E-state index contributed by atoms with van der Waals surface area (Å²) < 4.78 is 10.3. The van der Waals surface area contributed by atoms with Crippen LogP contribution in [0.5, 0.6) is 12.0 Å². The van der Waals surface area contributed by atoms with Gasteiger partial charge in [0.1, 0.15) is 6.10 Å². The lowest BCUT2D eigenvalue weighted by Crippen LogP contribution is -2.20. The second-order valence-corrected chi connectivity index (χ2v) is 3.78. The number of ether oxygens (including phenoxy) is 2. The lowest BCUT2D eigenvalue weighted by molar-refractivity contribution is 0.153. The van der Waals surface area contributed by atoms with Crippen molar-refractivity contribution < 1.29 is 9.47 Å². The van der Waals surface area contributed by atoms with Crippen molar-refractivity contribution in [2.24, 2.45) is 5.92 Å². The maximum Gasteiger partial charge on any atom is 0.324 e. The molecule has 6 heteroatoms. The molecular weight excluding hydrogens is 218 g/mol. The fourth-order valence-corrected chi connectivity index (χ4v) is 0.906. The van der Waals surface area contributed by atoms with Crippen molar-refractivity contribution in [2.75, 3.05) is 7.11 Å². The Morgan fingerprint density at radius 2 is 1.67 bits per heavy atom. The van der Waals surface area contributed by atoms with Gasteiger partial charge in [0.05, 0.1) is 7.11 Å². The predicted molar refractivity (Wildman–Crippen MR) is 56.3 cm³/mol. The Balaban J connectivity index is 2.80. The van der Waals surface area contributed by atoms with Crippen LogP contribution in [0.2, 0.25) is 5.28 Å². The van der Waals surface area contributed by atoms with Crippen LogP contribution in [0.15, 0.2) is 0 Å². The summed E-state index contributed by atoms with van der Waals surface area (Å²) >= 11 is 5.67. The summed E-state index contributed by atoms with van der Waals surface area (Å²) in [6.07, 6.45) is 0.00757. The standard InChI is InChI=1S/C9H14ClN3O2/c1-5(2)6(3)15-9-12-7(10)11-8(13-9)14-4/h5-6H,1-4H3. The van der Waals surface area contributed by atoms with E-state index in [1.165, 1.54) is 7.11 Å². The van der Waals surface area contributed by atoms with Gasteiger partial charge in [-0.1, -0.05) is 13.8 Å². The Kier molecular flexibility index (Phi) is 4.08. The molecule has 0 amide bonds. The van der Waals surface area contributed by atoms with Crippen molar-refractivity contribution in [2.45, 2.75) is 26.9 Å². The summed E-state index contributed by atoms with van der Waals surface area (Å²) in [5.41, 5.74) is 0. The van der Waals surface area contributed by atoms with Crippen LogP contribution in [0.3, 0.4) is 0 Å². The molecule has 0 aliphatic carbocycles. The zero-order valence-corrected chi connectivity index (χ0v) is 9.95. The smallest absolute Gasteiger partial charge is 0.324 e. The van der Waals surface area contributed by atoms with Gasteiger partial charge in [-0.25, -0.2) is 0 Å². The van der Waals surface area contributed by atoms with Gasteiger partial charge in [-0.05, 0) is 24.4 Å². The van der Waals surface area contributed by atoms with E-state index in [0.29, 0.717) is 5.92 Å². The molecule has 0 aromatic carbocycles. The molecule has 0 saturated carbocycles. The van der Waals surface area contributed by atoms with Gasteiger partial charge in [-0.2, -0.15) is 9.97 Å². The van der Waals surface area contributed by atoms with E-state index in [4.69, 9.17) is 21.1 Å². The maximum atomic E-state index is 5.67. The minimum atomic E-state index is 0.00757. The van der Waals surface area contributed by atoms with Crippen molar-refractivity contribution in [3.63, 3.8) is 0 Å². The van der Waals surface area contributed by atoms with Gasteiger partial charge in [0.15, 0.2) is 0 Å². The zero-order chi connectivity index (χ0) is 11.4. The molecule has 0 saturated heterocycles. The van der Waals surface area contributed by atoms with E-state index in [9.17, 15) is 0 Å². The van der Waals surface area contributed by atoms with Crippen LogP contribution in [0.4, 0.5) is 0 Å². The monoisotopic (exact) mass is 231 g/mol. The topological polar surface area (TPSA) is 57.1 Å². The van der Waals surface area contributed by atoms with E-state index in [1.54, 1.807) is 0 Å². The van der Waals surface area contributed by atoms with Gasteiger partial charge in [0.25, 0.3) is 0 Å². The van der Waals surface area contributed by atoms with E-state index in [0.717, 1.165) is 0 Å². The fourth-order valence-electron chi connectivity index (χ4n) is 0.761. The average Bonchev–Trinajstić information content (AvgIpc) is 2.16. The van der Waals surface area contributed by atoms with E-state index in [2.05, 4.69) is 15.0 Å². The first-order valence-corrected chi connectivity index (χ1v) is 5.03. The molecule has 0 aliphatic rings. The summed E-state index contributed by atoms with van der Waals surface area (Å²) in [6, 6.07) is 0.342. The molecule has 1 atom stereocenters. The van der Waals surface area contributed by atoms with Gasteiger partial charge in [0, 0.05) is 0 Å². The van der Waals surface area contributed by atoms with E-state index >= 15 is 0 Å². The van der Waals surface area contributed by atoms with Crippen LogP contribution in [-0.4, -0.2) is 28.2 Å². The number of methoxy groups -OCH3 is 1. The maximum absolute atomic E-state index is 5.67. The number of nitrogens with zero attached hydrogens (tertiary/aromatic N) is 3. The number of rotatable bonds is 4. The summed E-state index contributed by atoms with van der Waals surface area (Å²) in [5, 5.41) is 0.0628. The first-order chi connectivity index (χ1) is 7.02. The molecule has 0 bridgehead atoms. The second kappa shape index (κ2) is 5.11. The molecule has 0 spiro atoms. The fraction of sp³-hybridized carbons (Fsp3) is 0.667. The Labute approximate surface area is 93.8 Å². The minimum Gasteiger partial charge on any atom is -0.467 e. The number of aromatic nitrogens is 3. The Hall–Kier alpha value is -1.10. The van der Waals surface area contributed by atoms with Gasteiger partial charge in [-0.3, -0.25) is 0 Å². The molecule has 0 N–H and O–H groups in total. The van der Waals surface area contributed by atoms with Crippen molar-refractivity contribution in [1.29, 1.82) is 0 Å². The molecule has 1 rings (SSSR count). The Morgan fingerprint density at radius 3 is 2.20 bits per heavy atom. The van der Waals surface area contributed by atoms with Gasteiger partial charge in [0.2, 0.25) is 5.28 Å². The van der Waals surface area contributed by atoms with Crippen LogP contribution in [0.1, 0.15) is 20.8 Å². The predicted octanol–water partition coefficient (Wildman–Crippen LogP) is 1.96. The van der Waals surface area contributed by atoms with Crippen LogP contribution >= 0.6 is 11.6 Å². The Bertz CT molecular complexity index is 333. The molecule has 1 unspecified atom stereocenters. The van der Waals surface area contributed by atoms with Crippen molar-refractivity contribution >= 4 is 11.6 Å². The third-order valence-electron chi connectivity index (χ3n) is 1.98. The highest BCUT2D eigenvalue weighted by molar-refractivity contribution is 6.28. The first kappa shape index (κ1) is 12.0. The normalized spacial score (nSPS) is 12.7. The molecule has 1 aromatic heterocycles. The number of hydrogen-bond donors (Lipinski definition) is 0. The highest BCUT2D eigenvalue weighted by atomic mass is 35.5. The van der Waals surface area contributed by atoms with Gasteiger partial charge >= 0.3 is 12.0 Å². The van der Waals surface area contributed by atoms with Gasteiger partial charge < -0.3 is 9.47 Å². The highest BCUT2D eigenvalue weighted by Gasteiger charge is 2.12. The summed E-state index contributed by atoms with van der Waals surface area (Å²) in [6.45, 7) is 6.03. The molecule has 15 heavy (non-hydrogen) atoms. The lowest BCUT2D eigenvalue weighted by Gasteiger charge is -2.16. The molecular formula is C9H14ClN3O2. The molecule has 0 aliphatic heterocycles. The van der Waals surface area contributed by atoms with Gasteiger partial charge in [-0.15, -0.1) is 4.98 Å². The molecule has 0 fully saturated rings. The molecule has 0 radical (unpaired) electrons. The van der Waals surface area contributed by atoms with Crippen LogP contribution < -0.4 is 9.47 Å². The molecule has 5 nitrogen and oxygen atoms in total. The van der Waals surface area contributed by atoms with E-state index in [-0.39, 0.29) is 23.4 Å². The SMILES string of the molecule is COc1nc(Cl)nc(OC(C)C(C)C)n1. The quantitative estimate of drug-likeness (QED) is 0.793. The second-order valence-electron chi connectivity index (χ2n) is 3.44. The average molecular weight is 232 g/mol. The van der Waals surface area contributed by atoms with Crippen LogP contribution in [0, 0.1) is 5.92 Å². The molecule has 84 valence electrons. The minimum absolute atomic E-state index is 0.00757. The van der Waals surface area contributed by atoms with Crippen molar-refractivity contribution in [3.8, 4) is 12.0 Å². The third-order valence-corrected chi connectivity index (χ3v) is 2.15. The number of hydrogen-bond acceptors (Lipinski definition) is 5. The van der Waals surface area contributed by atoms with Crippen molar-refractivity contribution in [1.82, 2.24) is 15.0 Å². The summed E-state index contributed by atoms with van der Waals surface area (Å²) in [7, 11) is 1.46. The number of halogens is 1. The largest absolute Gasteiger partial charge is 0.467 e. The molecule has 1 aromatic rings. The van der Waals surface area contributed by atoms with Crippen LogP contribution in [-0.2, 0) is 0 Å². The summed E-state index contributed by atoms with van der Waals surface area (Å²) in [4.78, 5) is 11.5. The Morgan fingerprint density at radius 1 is 1.07 bits per heavy atom.